The lowest BCUT2D eigenvalue weighted by Crippen LogP contribution is -1.91. The summed E-state index contributed by atoms with van der Waals surface area (Å²) >= 11 is 0. The normalized spacial score (nSPS) is 9.70. The largest absolute Gasteiger partial charge is 0.241 e. The lowest BCUT2D eigenvalue weighted by Gasteiger charge is -1.93. The maximum absolute atomic E-state index is 4.05. The van der Waals surface area contributed by atoms with Gasteiger partial charge in [0.15, 0.2) is 0 Å². The molecule has 0 atom stereocenters. The molecule has 0 unspecified atom stereocenters. The Hall–Kier alpha value is -0.920. The highest BCUT2D eigenvalue weighted by molar-refractivity contribution is 4.86. The van der Waals surface area contributed by atoms with Gasteiger partial charge in [0.25, 0.3) is 0 Å². The number of unbranched alkanes of at least 4 members (excludes halogenated alkanes) is 1. The zero-order valence-electron chi connectivity index (χ0n) is 6.17. The van der Waals surface area contributed by atoms with Gasteiger partial charge in [-0.2, -0.15) is 0 Å². The minimum absolute atomic E-state index is 0.931. The van der Waals surface area contributed by atoms with Crippen molar-refractivity contribution in [2.75, 3.05) is 0 Å². The van der Waals surface area contributed by atoms with Crippen molar-refractivity contribution >= 4 is 0 Å². The van der Waals surface area contributed by atoms with E-state index in [1.165, 1.54) is 12.8 Å². The van der Waals surface area contributed by atoms with Gasteiger partial charge in [0.05, 0.1) is 0 Å². The Kier molecular flexibility index (Phi) is 2.87. The van der Waals surface area contributed by atoms with Crippen LogP contribution in [-0.4, -0.2) is 9.97 Å². The molecule has 0 aliphatic heterocycles. The Balaban J connectivity index is 2.43. The van der Waals surface area contributed by atoms with Gasteiger partial charge in [-0.15, -0.1) is 0 Å². The molecule has 53 valence electrons. The van der Waals surface area contributed by atoms with E-state index in [1.54, 1.807) is 12.4 Å². The van der Waals surface area contributed by atoms with Gasteiger partial charge in [-0.3, -0.25) is 0 Å². The van der Waals surface area contributed by atoms with E-state index in [4.69, 9.17) is 0 Å². The molecular formula is C8H11N2. The second kappa shape index (κ2) is 3.99. The average Bonchev–Trinajstić information content (AvgIpc) is 2.03. The highest BCUT2D eigenvalue weighted by Gasteiger charge is 1.90. The highest BCUT2D eigenvalue weighted by Crippen LogP contribution is 1.95. The topological polar surface area (TPSA) is 25.8 Å². The van der Waals surface area contributed by atoms with Crippen molar-refractivity contribution in [3.8, 4) is 0 Å². The molecule has 0 spiro atoms. The van der Waals surface area contributed by atoms with Gasteiger partial charge in [0.2, 0.25) is 0 Å². The molecule has 2 heteroatoms. The summed E-state index contributed by atoms with van der Waals surface area (Å²) in [6.45, 7) is 2.16. The summed E-state index contributed by atoms with van der Waals surface area (Å²) in [7, 11) is 0. The Labute approximate surface area is 61.3 Å². The number of hydrogen-bond acceptors (Lipinski definition) is 2. The first kappa shape index (κ1) is 7.19. The van der Waals surface area contributed by atoms with Crippen LogP contribution in [0.15, 0.2) is 12.4 Å². The molecule has 2 nitrogen and oxygen atoms in total. The first-order valence-electron chi connectivity index (χ1n) is 3.60. The van der Waals surface area contributed by atoms with E-state index in [1.807, 2.05) is 0 Å². The molecule has 10 heavy (non-hydrogen) atoms. The van der Waals surface area contributed by atoms with Gasteiger partial charge in [-0.05, 0) is 6.42 Å². The maximum atomic E-state index is 4.05. The summed E-state index contributed by atoms with van der Waals surface area (Å²) in [6.07, 6.45) is 6.69. The van der Waals surface area contributed by atoms with Crippen molar-refractivity contribution in [2.24, 2.45) is 0 Å². The van der Waals surface area contributed by atoms with Crippen LogP contribution in [0.4, 0.5) is 0 Å². The first-order valence-corrected chi connectivity index (χ1v) is 3.60. The quantitative estimate of drug-likeness (QED) is 0.629. The van der Waals surface area contributed by atoms with Crippen LogP contribution in [-0.2, 0) is 6.42 Å². The Morgan fingerprint density at radius 1 is 1.40 bits per heavy atom. The van der Waals surface area contributed by atoms with Crippen molar-refractivity contribution in [2.45, 2.75) is 26.2 Å². The zero-order valence-corrected chi connectivity index (χ0v) is 6.17. The van der Waals surface area contributed by atoms with E-state index in [0.717, 1.165) is 12.2 Å². The number of rotatable bonds is 3. The van der Waals surface area contributed by atoms with Crippen LogP contribution in [0.1, 0.15) is 25.6 Å². The molecule has 0 saturated carbocycles. The molecule has 1 rings (SSSR count). The molecule has 0 N–H and O–H groups in total. The van der Waals surface area contributed by atoms with Crippen molar-refractivity contribution in [3.63, 3.8) is 0 Å². The van der Waals surface area contributed by atoms with Crippen LogP contribution in [0.3, 0.4) is 0 Å². The summed E-state index contributed by atoms with van der Waals surface area (Å²) in [5, 5.41) is 0. The minimum Gasteiger partial charge on any atom is -0.241 e. The molecule has 1 heterocycles. The summed E-state index contributed by atoms with van der Waals surface area (Å²) in [5.74, 6) is 0.931. The molecule has 0 saturated heterocycles. The predicted molar refractivity (Wildman–Crippen MR) is 39.5 cm³/mol. The molecule has 1 aromatic heterocycles. The third-order valence-corrected chi connectivity index (χ3v) is 1.33. The summed E-state index contributed by atoms with van der Waals surface area (Å²) in [4.78, 5) is 8.10. The van der Waals surface area contributed by atoms with Crippen LogP contribution in [0.5, 0.6) is 0 Å². The molecule has 1 radical (unpaired) electrons. The lowest BCUT2D eigenvalue weighted by atomic mass is 10.2. The molecule has 0 aliphatic rings. The fourth-order valence-corrected chi connectivity index (χ4v) is 0.754. The standard InChI is InChI=1S/C8H11N2/c1-2-3-5-8-9-6-4-7-10-8/h6-7H,2-3,5H2,1H3. The minimum atomic E-state index is 0.931. The second-order valence-corrected chi connectivity index (χ2v) is 2.20. The van der Waals surface area contributed by atoms with Gasteiger partial charge < -0.3 is 0 Å². The third-order valence-electron chi connectivity index (χ3n) is 1.33. The first-order chi connectivity index (χ1) is 4.93. The van der Waals surface area contributed by atoms with E-state index < -0.39 is 0 Å². The van der Waals surface area contributed by atoms with E-state index in [-0.39, 0.29) is 0 Å². The monoisotopic (exact) mass is 135 g/mol. The van der Waals surface area contributed by atoms with E-state index in [9.17, 15) is 0 Å². The smallest absolute Gasteiger partial charge is 0.128 e. The van der Waals surface area contributed by atoms with Crippen LogP contribution in [0, 0.1) is 6.07 Å². The van der Waals surface area contributed by atoms with Gasteiger partial charge in [0, 0.05) is 24.9 Å². The fourth-order valence-electron chi connectivity index (χ4n) is 0.754. The van der Waals surface area contributed by atoms with Crippen LogP contribution < -0.4 is 0 Å². The van der Waals surface area contributed by atoms with Gasteiger partial charge >= 0.3 is 0 Å². The molecule has 0 bridgehead atoms. The Bertz CT molecular complexity index is 172. The number of aromatic nitrogens is 2. The zero-order chi connectivity index (χ0) is 7.23. The molecule has 0 aromatic carbocycles. The van der Waals surface area contributed by atoms with Crippen LogP contribution in [0.2, 0.25) is 0 Å². The predicted octanol–water partition coefficient (Wildman–Crippen LogP) is 1.62. The van der Waals surface area contributed by atoms with Crippen molar-refractivity contribution in [1.82, 2.24) is 9.97 Å². The Morgan fingerprint density at radius 2 is 2.10 bits per heavy atom. The fraction of sp³-hybridized carbons (Fsp3) is 0.500. The summed E-state index contributed by atoms with van der Waals surface area (Å²) in [5.41, 5.74) is 0. The van der Waals surface area contributed by atoms with Crippen LogP contribution >= 0.6 is 0 Å². The molecule has 0 amide bonds. The highest BCUT2D eigenvalue weighted by atomic mass is 14.8. The van der Waals surface area contributed by atoms with Crippen molar-refractivity contribution < 1.29 is 0 Å². The van der Waals surface area contributed by atoms with Gasteiger partial charge in [-0.1, -0.05) is 13.3 Å². The number of aryl methyl sites for hydroxylation is 1. The SMILES string of the molecule is CCCCc1nc[c]cn1. The molecule has 0 aliphatic carbocycles. The third kappa shape index (κ3) is 2.13. The second-order valence-electron chi connectivity index (χ2n) is 2.20. The molecule has 0 fully saturated rings. The summed E-state index contributed by atoms with van der Waals surface area (Å²) in [6, 6.07) is 2.79. The Morgan fingerprint density at radius 3 is 2.70 bits per heavy atom. The van der Waals surface area contributed by atoms with Crippen molar-refractivity contribution in [1.29, 1.82) is 0 Å². The average molecular weight is 135 g/mol. The van der Waals surface area contributed by atoms with E-state index in [0.29, 0.717) is 0 Å². The maximum Gasteiger partial charge on any atom is 0.128 e. The van der Waals surface area contributed by atoms with Gasteiger partial charge in [0.1, 0.15) is 5.82 Å². The van der Waals surface area contributed by atoms with E-state index in [2.05, 4.69) is 23.0 Å². The van der Waals surface area contributed by atoms with Gasteiger partial charge in [-0.25, -0.2) is 9.97 Å². The molecule has 1 aromatic rings. The molecular weight excluding hydrogens is 124 g/mol. The number of hydrogen-bond donors (Lipinski definition) is 0. The summed E-state index contributed by atoms with van der Waals surface area (Å²) < 4.78 is 0. The van der Waals surface area contributed by atoms with E-state index >= 15 is 0 Å². The lowest BCUT2D eigenvalue weighted by molar-refractivity contribution is 0.751. The van der Waals surface area contributed by atoms with Crippen LogP contribution in [0.25, 0.3) is 0 Å². The number of nitrogens with zero attached hydrogens (tertiary/aromatic N) is 2. The van der Waals surface area contributed by atoms with Crippen molar-refractivity contribution in [3.05, 3.63) is 24.3 Å².